The summed E-state index contributed by atoms with van der Waals surface area (Å²) in [5.41, 5.74) is 0.417. The predicted molar refractivity (Wildman–Crippen MR) is 105 cm³/mol. The highest BCUT2D eigenvalue weighted by atomic mass is 35.5. The third-order valence-corrected chi connectivity index (χ3v) is 5.37. The quantitative estimate of drug-likeness (QED) is 0.602. The van der Waals surface area contributed by atoms with E-state index in [1.165, 1.54) is 32.4 Å². The van der Waals surface area contributed by atoms with Crippen LogP contribution in [0.25, 0.3) is 10.6 Å². The van der Waals surface area contributed by atoms with E-state index in [9.17, 15) is 13.6 Å². The number of halogens is 3. The van der Waals surface area contributed by atoms with Gasteiger partial charge < -0.3 is 14.8 Å². The van der Waals surface area contributed by atoms with Crippen LogP contribution >= 0.6 is 22.9 Å². The summed E-state index contributed by atoms with van der Waals surface area (Å²) in [5.74, 6) is -1.30. The number of nitrogens with one attached hydrogen (secondary N) is 1. The zero-order valence-electron chi connectivity index (χ0n) is 15.1. The summed E-state index contributed by atoms with van der Waals surface area (Å²) in [7, 11) is 2.88. The molecule has 0 saturated heterocycles. The average Bonchev–Trinajstić information content (AvgIpc) is 3.04. The zero-order chi connectivity index (χ0) is 20.4. The molecule has 2 aromatic carbocycles. The van der Waals surface area contributed by atoms with Crippen LogP contribution in [0.3, 0.4) is 0 Å². The van der Waals surface area contributed by atoms with Crippen LogP contribution in [0.15, 0.2) is 30.3 Å². The van der Waals surface area contributed by atoms with E-state index in [1.807, 2.05) is 0 Å². The summed E-state index contributed by atoms with van der Waals surface area (Å²) < 4.78 is 38.4. The highest BCUT2D eigenvalue weighted by Gasteiger charge is 2.22. The molecule has 0 radical (unpaired) electrons. The van der Waals surface area contributed by atoms with Gasteiger partial charge >= 0.3 is 0 Å². The van der Waals surface area contributed by atoms with E-state index in [0.717, 1.165) is 23.5 Å². The first-order chi connectivity index (χ1) is 13.3. The van der Waals surface area contributed by atoms with Crippen molar-refractivity contribution in [2.45, 2.75) is 6.92 Å². The first-order valence-electron chi connectivity index (χ1n) is 8.00. The van der Waals surface area contributed by atoms with Crippen molar-refractivity contribution >= 4 is 34.5 Å². The molecule has 0 aliphatic carbocycles. The smallest absolute Gasteiger partial charge is 0.267 e. The van der Waals surface area contributed by atoms with E-state index in [0.29, 0.717) is 27.9 Å². The third kappa shape index (κ3) is 3.79. The molecule has 1 aromatic heterocycles. The number of thiazole rings is 1. The Kier molecular flexibility index (Phi) is 5.81. The first-order valence-corrected chi connectivity index (χ1v) is 9.19. The van der Waals surface area contributed by atoms with Crippen molar-refractivity contribution in [2.24, 2.45) is 0 Å². The Labute approximate surface area is 168 Å². The lowest BCUT2D eigenvalue weighted by atomic mass is 10.2. The van der Waals surface area contributed by atoms with E-state index in [4.69, 9.17) is 21.1 Å². The van der Waals surface area contributed by atoms with Gasteiger partial charge in [-0.1, -0.05) is 17.7 Å². The van der Waals surface area contributed by atoms with Crippen LogP contribution in [0, 0.1) is 18.6 Å². The lowest BCUT2D eigenvalue weighted by molar-refractivity contribution is 0.102. The number of hydrogen-bond acceptors (Lipinski definition) is 5. The summed E-state index contributed by atoms with van der Waals surface area (Å²) in [5, 5.41) is 3.10. The van der Waals surface area contributed by atoms with Crippen LogP contribution in [-0.4, -0.2) is 25.1 Å². The van der Waals surface area contributed by atoms with Crippen LogP contribution in [0.4, 0.5) is 14.5 Å². The van der Waals surface area contributed by atoms with Gasteiger partial charge in [0.1, 0.15) is 33.0 Å². The van der Waals surface area contributed by atoms with Crippen LogP contribution in [0.5, 0.6) is 11.5 Å². The number of aromatic nitrogens is 1. The molecule has 1 heterocycles. The third-order valence-electron chi connectivity index (χ3n) is 3.90. The van der Waals surface area contributed by atoms with Gasteiger partial charge in [-0.2, -0.15) is 0 Å². The number of nitrogens with zero attached hydrogens (tertiary/aromatic N) is 1. The Bertz CT molecular complexity index is 1040. The van der Waals surface area contributed by atoms with Gasteiger partial charge in [-0.3, -0.25) is 4.79 Å². The van der Waals surface area contributed by atoms with Gasteiger partial charge in [-0.05, 0) is 19.1 Å². The molecule has 0 atom stereocenters. The molecule has 146 valence electrons. The zero-order valence-corrected chi connectivity index (χ0v) is 16.7. The van der Waals surface area contributed by atoms with Gasteiger partial charge in [-0.25, -0.2) is 13.8 Å². The van der Waals surface area contributed by atoms with Crippen LogP contribution in [0.1, 0.15) is 15.4 Å². The van der Waals surface area contributed by atoms with Crippen molar-refractivity contribution < 1.29 is 23.0 Å². The summed E-state index contributed by atoms with van der Waals surface area (Å²) in [6.45, 7) is 1.59. The first kappa shape index (κ1) is 20.0. The monoisotopic (exact) mass is 424 g/mol. The summed E-state index contributed by atoms with van der Waals surface area (Å²) >= 11 is 6.96. The topological polar surface area (TPSA) is 60.5 Å². The molecule has 0 aliphatic rings. The second kappa shape index (κ2) is 8.12. The van der Waals surface area contributed by atoms with Crippen molar-refractivity contribution in [1.82, 2.24) is 4.98 Å². The number of benzene rings is 2. The number of rotatable bonds is 5. The number of ether oxygens (including phenoxy) is 2. The Balaban J connectivity index is 1.96. The van der Waals surface area contributed by atoms with Crippen LogP contribution < -0.4 is 14.8 Å². The maximum atomic E-state index is 14.0. The molecular formula is C19H15ClF2N2O3S. The predicted octanol–water partition coefficient (Wildman–Crippen LogP) is 5.32. The number of methoxy groups -OCH3 is 2. The van der Waals surface area contributed by atoms with Crippen LogP contribution in [0.2, 0.25) is 5.02 Å². The standard InChI is InChI=1S/C19H15ClF2N2O3S/c1-9-17(28-19(23-9)16-11(21)5-4-6-12(16)22)18(25)24-13-8-14(26-2)10(20)7-15(13)27-3/h4-8H,1-3H3,(H,24,25). The Morgan fingerprint density at radius 2 is 1.79 bits per heavy atom. The molecule has 5 nitrogen and oxygen atoms in total. The second-order valence-corrected chi connectivity index (χ2v) is 7.08. The Morgan fingerprint density at radius 3 is 2.39 bits per heavy atom. The largest absolute Gasteiger partial charge is 0.495 e. The minimum Gasteiger partial charge on any atom is -0.495 e. The average molecular weight is 425 g/mol. The number of anilines is 1. The SMILES string of the molecule is COc1cc(NC(=O)c2sc(-c3c(F)cccc3F)nc2C)c(OC)cc1Cl. The molecule has 0 unspecified atom stereocenters. The van der Waals surface area contributed by atoms with Crippen molar-refractivity contribution in [2.75, 3.05) is 19.5 Å². The summed E-state index contributed by atoms with van der Waals surface area (Å²) in [6, 6.07) is 6.57. The Hall–Kier alpha value is -2.71. The lowest BCUT2D eigenvalue weighted by Gasteiger charge is -2.12. The van der Waals surface area contributed by atoms with E-state index in [1.54, 1.807) is 6.92 Å². The van der Waals surface area contributed by atoms with Gasteiger partial charge in [-0.15, -0.1) is 11.3 Å². The number of aryl methyl sites for hydroxylation is 1. The fraction of sp³-hybridized carbons (Fsp3) is 0.158. The highest BCUT2D eigenvalue weighted by molar-refractivity contribution is 7.17. The molecule has 0 spiro atoms. The van der Waals surface area contributed by atoms with Crippen molar-refractivity contribution in [3.05, 3.63) is 57.6 Å². The molecule has 1 N–H and O–H groups in total. The highest BCUT2D eigenvalue weighted by Crippen LogP contribution is 2.37. The maximum Gasteiger partial charge on any atom is 0.267 e. The maximum absolute atomic E-state index is 14.0. The fourth-order valence-electron chi connectivity index (χ4n) is 2.55. The van der Waals surface area contributed by atoms with Crippen molar-refractivity contribution in [1.29, 1.82) is 0 Å². The number of carbonyl (C=O) groups is 1. The van der Waals surface area contributed by atoms with Gasteiger partial charge in [0.2, 0.25) is 0 Å². The van der Waals surface area contributed by atoms with Gasteiger partial charge in [0, 0.05) is 12.1 Å². The molecule has 28 heavy (non-hydrogen) atoms. The summed E-state index contributed by atoms with van der Waals surface area (Å²) in [6.07, 6.45) is 0. The number of hydrogen-bond donors (Lipinski definition) is 1. The molecule has 3 aromatic rings. The van der Waals surface area contributed by atoms with E-state index >= 15 is 0 Å². The van der Waals surface area contributed by atoms with Gasteiger partial charge in [0.05, 0.1) is 36.2 Å². The molecule has 1 amide bonds. The van der Waals surface area contributed by atoms with E-state index in [-0.39, 0.29) is 15.4 Å². The lowest BCUT2D eigenvalue weighted by Crippen LogP contribution is -2.12. The Morgan fingerprint density at radius 1 is 1.14 bits per heavy atom. The molecule has 9 heteroatoms. The molecule has 0 bridgehead atoms. The van der Waals surface area contributed by atoms with Crippen LogP contribution in [-0.2, 0) is 0 Å². The van der Waals surface area contributed by atoms with Gasteiger partial charge in [0.15, 0.2) is 0 Å². The fourth-order valence-corrected chi connectivity index (χ4v) is 3.79. The molecule has 0 aliphatic heterocycles. The van der Waals surface area contributed by atoms with E-state index < -0.39 is 17.5 Å². The van der Waals surface area contributed by atoms with Crippen molar-refractivity contribution in [3.63, 3.8) is 0 Å². The normalized spacial score (nSPS) is 10.6. The van der Waals surface area contributed by atoms with E-state index in [2.05, 4.69) is 10.3 Å². The second-order valence-electron chi connectivity index (χ2n) is 5.67. The molecular weight excluding hydrogens is 410 g/mol. The number of carbonyl (C=O) groups excluding carboxylic acids is 1. The molecule has 3 rings (SSSR count). The molecule has 0 saturated carbocycles. The molecule has 0 fully saturated rings. The van der Waals surface area contributed by atoms with Crippen molar-refractivity contribution in [3.8, 4) is 22.1 Å². The summed E-state index contributed by atoms with van der Waals surface area (Å²) in [4.78, 5) is 17.1. The van der Waals surface area contributed by atoms with Gasteiger partial charge in [0.25, 0.3) is 5.91 Å². The minimum atomic E-state index is -0.746. The minimum absolute atomic E-state index is 0.0823. The number of amides is 1.